The van der Waals surface area contributed by atoms with Crippen LogP contribution in [0, 0.1) is 6.92 Å². The molecule has 0 spiro atoms. The van der Waals surface area contributed by atoms with Gasteiger partial charge in [-0.05, 0) is 18.6 Å². The Balaban J connectivity index is 2.31. The van der Waals surface area contributed by atoms with Gasteiger partial charge in [-0.2, -0.15) is 0 Å². The summed E-state index contributed by atoms with van der Waals surface area (Å²) in [5.74, 6) is -1.20. The summed E-state index contributed by atoms with van der Waals surface area (Å²) in [4.78, 5) is 36.3. The van der Waals surface area contributed by atoms with Gasteiger partial charge >= 0.3 is 0 Å². The first-order chi connectivity index (χ1) is 8.56. The summed E-state index contributed by atoms with van der Waals surface area (Å²) >= 11 is 0. The van der Waals surface area contributed by atoms with Gasteiger partial charge in [0.1, 0.15) is 0 Å². The summed E-state index contributed by atoms with van der Waals surface area (Å²) in [5, 5.41) is 2.49. The summed E-state index contributed by atoms with van der Waals surface area (Å²) in [5.41, 5.74) is 1.93. The number of Topliss-reactive ketones (excluding diaryl/α,β-unsaturated/α-hetero) is 1. The van der Waals surface area contributed by atoms with Gasteiger partial charge in [-0.1, -0.05) is 12.1 Å². The van der Waals surface area contributed by atoms with Gasteiger partial charge in [0.2, 0.25) is 5.91 Å². The molecule has 0 unspecified atom stereocenters. The lowest BCUT2D eigenvalue weighted by molar-refractivity contribution is -0.120. The first kappa shape index (κ1) is 12.3. The minimum Gasteiger partial charge on any atom is -0.359 e. The number of amides is 2. The molecule has 1 aliphatic heterocycles. The lowest BCUT2D eigenvalue weighted by Gasteiger charge is -2.17. The van der Waals surface area contributed by atoms with Gasteiger partial charge in [-0.15, -0.1) is 0 Å². The van der Waals surface area contributed by atoms with Crippen molar-refractivity contribution in [2.24, 2.45) is 0 Å². The number of fused-ring (bicyclic) bond motifs is 1. The number of rotatable bonds is 3. The molecule has 0 saturated carbocycles. The molecule has 1 aromatic carbocycles. The highest BCUT2D eigenvalue weighted by atomic mass is 16.2. The molecule has 0 aromatic heterocycles. The maximum absolute atomic E-state index is 11.9. The van der Waals surface area contributed by atoms with E-state index in [1.54, 1.807) is 19.2 Å². The predicted molar refractivity (Wildman–Crippen MR) is 66.5 cm³/mol. The molecular weight excluding hydrogens is 232 g/mol. The topological polar surface area (TPSA) is 66.5 Å². The molecular formula is C13H14N2O3. The van der Waals surface area contributed by atoms with Crippen LogP contribution in [0.15, 0.2) is 18.2 Å². The molecule has 0 radical (unpaired) electrons. The second kappa shape index (κ2) is 4.60. The van der Waals surface area contributed by atoms with Crippen molar-refractivity contribution >= 4 is 23.3 Å². The molecule has 0 saturated heterocycles. The van der Waals surface area contributed by atoms with Gasteiger partial charge < -0.3 is 10.2 Å². The van der Waals surface area contributed by atoms with E-state index in [2.05, 4.69) is 5.32 Å². The molecule has 1 aromatic rings. The fourth-order valence-electron chi connectivity index (χ4n) is 2.09. The molecule has 0 bridgehead atoms. The summed E-state index contributed by atoms with van der Waals surface area (Å²) in [6, 6.07) is 5.24. The highest BCUT2D eigenvalue weighted by molar-refractivity contribution is 6.52. The third-order valence-electron chi connectivity index (χ3n) is 3.03. The van der Waals surface area contributed by atoms with Crippen molar-refractivity contribution in [1.82, 2.24) is 5.32 Å². The Labute approximate surface area is 105 Å². The average Bonchev–Trinajstić information content (AvgIpc) is 2.61. The van der Waals surface area contributed by atoms with Crippen LogP contribution in [0.5, 0.6) is 0 Å². The average molecular weight is 246 g/mol. The van der Waals surface area contributed by atoms with E-state index in [4.69, 9.17) is 0 Å². The van der Waals surface area contributed by atoms with Gasteiger partial charge in [0.25, 0.3) is 11.7 Å². The highest BCUT2D eigenvalue weighted by Gasteiger charge is 2.36. The second-order valence-corrected chi connectivity index (χ2v) is 4.18. The number of nitrogens with one attached hydrogen (secondary N) is 1. The normalized spacial score (nSPS) is 13.8. The number of nitrogens with zero attached hydrogens (tertiary/aromatic N) is 1. The molecule has 94 valence electrons. The van der Waals surface area contributed by atoms with Crippen LogP contribution in [0.25, 0.3) is 0 Å². The van der Waals surface area contributed by atoms with Crippen LogP contribution < -0.4 is 10.2 Å². The van der Waals surface area contributed by atoms with E-state index >= 15 is 0 Å². The molecule has 1 aliphatic rings. The van der Waals surface area contributed by atoms with Crippen molar-refractivity contribution in [2.45, 2.75) is 13.3 Å². The van der Waals surface area contributed by atoms with E-state index in [-0.39, 0.29) is 18.9 Å². The zero-order chi connectivity index (χ0) is 13.3. The van der Waals surface area contributed by atoms with Crippen molar-refractivity contribution in [2.75, 3.05) is 18.5 Å². The first-order valence-electron chi connectivity index (χ1n) is 5.72. The van der Waals surface area contributed by atoms with Crippen molar-refractivity contribution < 1.29 is 14.4 Å². The van der Waals surface area contributed by atoms with Crippen LogP contribution in [0.2, 0.25) is 0 Å². The number of para-hydroxylation sites is 1. The quantitative estimate of drug-likeness (QED) is 0.797. The number of hydrogen-bond acceptors (Lipinski definition) is 3. The summed E-state index contributed by atoms with van der Waals surface area (Å²) in [6.45, 7) is 2.07. The maximum atomic E-state index is 11.9. The van der Waals surface area contributed by atoms with Crippen LogP contribution >= 0.6 is 0 Å². The number of benzene rings is 1. The first-order valence-corrected chi connectivity index (χ1v) is 5.72. The van der Waals surface area contributed by atoms with Gasteiger partial charge in [0.05, 0.1) is 11.3 Å². The fraction of sp³-hybridized carbons (Fsp3) is 0.308. The van der Waals surface area contributed by atoms with Crippen LogP contribution in [0.1, 0.15) is 22.3 Å². The molecule has 2 rings (SSSR count). The van der Waals surface area contributed by atoms with E-state index < -0.39 is 11.7 Å². The zero-order valence-electron chi connectivity index (χ0n) is 10.3. The Morgan fingerprint density at radius 1 is 1.33 bits per heavy atom. The smallest absolute Gasteiger partial charge is 0.299 e. The minimum absolute atomic E-state index is 0.155. The second-order valence-electron chi connectivity index (χ2n) is 4.18. The van der Waals surface area contributed by atoms with E-state index in [1.807, 2.05) is 13.0 Å². The highest BCUT2D eigenvalue weighted by Crippen LogP contribution is 2.32. The molecule has 5 heteroatoms. The molecule has 18 heavy (non-hydrogen) atoms. The molecule has 0 atom stereocenters. The van der Waals surface area contributed by atoms with E-state index in [0.717, 1.165) is 5.56 Å². The Morgan fingerprint density at radius 3 is 2.72 bits per heavy atom. The van der Waals surface area contributed by atoms with Gasteiger partial charge in [0, 0.05) is 20.0 Å². The standard InChI is InChI=1S/C13H14N2O3/c1-8-4-3-5-9-11(8)15(13(18)12(9)17)7-6-10(16)14-2/h3-5H,6-7H2,1-2H3,(H,14,16). The number of carbonyl (C=O) groups excluding carboxylic acids is 3. The van der Waals surface area contributed by atoms with Crippen LogP contribution in [0.3, 0.4) is 0 Å². The summed E-state index contributed by atoms with van der Waals surface area (Å²) < 4.78 is 0. The van der Waals surface area contributed by atoms with Crippen molar-refractivity contribution in [3.05, 3.63) is 29.3 Å². The van der Waals surface area contributed by atoms with Crippen LogP contribution in [-0.4, -0.2) is 31.2 Å². The fourth-order valence-corrected chi connectivity index (χ4v) is 2.09. The Morgan fingerprint density at radius 2 is 2.06 bits per heavy atom. The number of hydrogen-bond donors (Lipinski definition) is 1. The van der Waals surface area contributed by atoms with Crippen LogP contribution in [-0.2, 0) is 9.59 Å². The lowest BCUT2D eigenvalue weighted by atomic mass is 10.1. The SMILES string of the molecule is CNC(=O)CCN1C(=O)C(=O)c2cccc(C)c21. The van der Waals surface area contributed by atoms with E-state index in [9.17, 15) is 14.4 Å². The molecule has 2 amide bonds. The van der Waals surface area contributed by atoms with Gasteiger partial charge in [-0.25, -0.2) is 0 Å². The van der Waals surface area contributed by atoms with Crippen molar-refractivity contribution in [3.8, 4) is 0 Å². The molecule has 5 nitrogen and oxygen atoms in total. The monoisotopic (exact) mass is 246 g/mol. The van der Waals surface area contributed by atoms with Crippen molar-refractivity contribution in [3.63, 3.8) is 0 Å². The number of carbonyl (C=O) groups is 3. The Bertz CT molecular complexity index is 537. The van der Waals surface area contributed by atoms with Crippen LogP contribution in [0.4, 0.5) is 5.69 Å². The zero-order valence-corrected chi connectivity index (χ0v) is 10.3. The third kappa shape index (κ3) is 1.88. The van der Waals surface area contributed by atoms with Gasteiger partial charge in [0.15, 0.2) is 0 Å². The largest absolute Gasteiger partial charge is 0.359 e. The maximum Gasteiger partial charge on any atom is 0.299 e. The summed E-state index contributed by atoms with van der Waals surface area (Å²) in [6.07, 6.45) is 0.184. The number of anilines is 1. The predicted octanol–water partition coefficient (Wildman–Crippen LogP) is 0.660. The van der Waals surface area contributed by atoms with Gasteiger partial charge in [-0.3, -0.25) is 14.4 Å². The Hall–Kier alpha value is -2.17. The molecule has 1 heterocycles. The Kier molecular flexibility index (Phi) is 3.14. The lowest BCUT2D eigenvalue weighted by Crippen LogP contribution is -2.33. The summed E-state index contributed by atoms with van der Waals surface area (Å²) in [7, 11) is 1.54. The minimum atomic E-state index is -0.553. The number of aryl methyl sites for hydroxylation is 1. The molecule has 1 N–H and O–H groups in total. The van der Waals surface area contributed by atoms with E-state index in [1.165, 1.54) is 4.90 Å². The molecule has 0 aliphatic carbocycles. The third-order valence-corrected chi connectivity index (χ3v) is 3.03. The van der Waals surface area contributed by atoms with E-state index in [0.29, 0.717) is 11.3 Å². The number of ketones is 1. The van der Waals surface area contributed by atoms with Crippen molar-refractivity contribution in [1.29, 1.82) is 0 Å². The molecule has 0 fully saturated rings.